The minimum atomic E-state index is -4.77. The van der Waals surface area contributed by atoms with E-state index in [1.807, 2.05) is 32.0 Å². The van der Waals surface area contributed by atoms with Gasteiger partial charge in [0.25, 0.3) is 5.56 Å². The molecule has 1 aromatic carbocycles. The molecule has 0 atom stereocenters. The third kappa shape index (κ3) is 5.35. The lowest BCUT2D eigenvalue weighted by atomic mass is 10.1. The molecule has 0 unspecified atom stereocenters. The highest BCUT2D eigenvalue weighted by Gasteiger charge is 2.34. The van der Waals surface area contributed by atoms with Crippen molar-refractivity contribution in [2.45, 2.75) is 33.2 Å². The summed E-state index contributed by atoms with van der Waals surface area (Å²) < 4.78 is 46.8. The highest BCUT2D eigenvalue weighted by atomic mass is 35.5. The van der Waals surface area contributed by atoms with Crippen LogP contribution in [0.2, 0.25) is 10.2 Å². The lowest BCUT2D eigenvalue weighted by molar-refractivity contribution is -0.138. The highest BCUT2D eigenvalue weighted by Crippen LogP contribution is 2.34. The van der Waals surface area contributed by atoms with Gasteiger partial charge in [0.05, 0.1) is 23.0 Å². The van der Waals surface area contributed by atoms with Crippen LogP contribution in [0.1, 0.15) is 28.2 Å². The van der Waals surface area contributed by atoms with Gasteiger partial charge in [-0.05, 0) is 44.2 Å². The van der Waals surface area contributed by atoms with Crippen LogP contribution in [-0.2, 0) is 19.3 Å². The number of nitrogens with zero attached hydrogens (tertiary/aromatic N) is 4. The molecule has 0 spiro atoms. The van der Waals surface area contributed by atoms with Crippen LogP contribution in [-0.4, -0.2) is 24.5 Å². The molecule has 0 bridgehead atoms. The number of fused-ring (bicyclic) bond motifs is 1. The molecule has 7 nitrogen and oxygen atoms in total. The monoisotopic (exact) mass is 573 g/mol. The lowest BCUT2D eigenvalue weighted by Crippen LogP contribution is -2.28. The predicted molar refractivity (Wildman–Crippen MR) is 142 cm³/mol. The Morgan fingerprint density at radius 3 is 2.59 bits per heavy atom. The van der Waals surface area contributed by atoms with E-state index in [1.54, 1.807) is 12.1 Å². The summed E-state index contributed by atoms with van der Waals surface area (Å²) in [6, 6.07) is 10.8. The molecular formula is C27H20Cl2F3N5O2. The van der Waals surface area contributed by atoms with Gasteiger partial charge in [-0.2, -0.15) is 13.2 Å². The van der Waals surface area contributed by atoms with Crippen LogP contribution in [0.25, 0.3) is 22.3 Å². The van der Waals surface area contributed by atoms with E-state index in [0.29, 0.717) is 38.5 Å². The minimum absolute atomic E-state index is 0.0640. The molecule has 0 aliphatic heterocycles. The molecule has 12 heteroatoms. The SMILES string of the molecule is Cc1cc(-c2nc(Cl)c(C)[nH]2)c2cccc(OCc3c(Cl)ccnc3Cn3cccc(C(F)(F)F)c3=O)c2n1. The second kappa shape index (κ2) is 10.3. The molecule has 4 heterocycles. The van der Waals surface area contributed by atoms with Crippen LogP contribution in [0, 0.1) is 13.8 Å². The first-order chi connectivity index (χ1) is 18.5. The molecule has 0 saturated carbocycles. The van der Waals surface area contributed by atoms with E-state index >= 15 is 0 Å². The van der Waals surface area contributed by atoms with Crippen molar-refractivity contribution < 1.29 is 17.9 Å². The molecule has 200 valence electrons. The first-order valence-electron chi connectivity index (χ1n) is 11.7. The summed E-state index contributed by atoms with van der Waals surface area (Å²) in [5.74, 6) is 1.04. The number of ether oxygens (including phenoxy) is 1. The van der Waals surface area contributed by atoms with Gasteiger partial charge in [-0.15, -0.1) is 0 Å². The summed E-state index contributed by atoms with van der Waals surface area (Å²) in [5, 5.41) is 1.45. The van der Waals surface area contributed by atoms with Crippen molar-refractivity contribution in [2.75, 3.05) is 0 Å². The Morgan fingerprint density at radius 1 is 1.08 bits per heavy atom. The molecule has 4 aromatic heterocycles. The van der Waals surface area contributed by atoms with Crippen molar-refractivity contribution in [3.8, 4) is 17.1 Å². The van der Waals surface area contributed by atoms with Gasteiger partial charge in [0.2, 0.25) is 0 Å². The molecule has 0 fully saturated rings. The zero-order chi connectivity index (χ0) is 27.9. The van der Waals surface area contributed by atoms with Crippen molar-refractivity contribution >= 4 is 34.1 Å². The zero-order valence-corrected chi connectivity index (χ0v) is 22.1. The van der Waals surface area contributed by atoms with Gasteiger partial charge in [0.1, 0.15) is 34.4 Å². The van der Waals surface area contributed by atoms with Crippen LogP contribution < -0.4 is 10.3 Å². The number of para-hydroxylation sites is 1. The second-order valence-electron chi connectivity index (χ2n) is 8.82. The third-order valence-electron chi connectivity index (χ3n) is 6.12. The number of hydrogen-bond donors (Lipinski definition) is 1. The highest BCUT2D eigenvalue weighted by molar-refractivity contribution is 6.31. The van der Waals surface area contributed by atoms with Gasteiger partial charge in [-0.1, -0.05) is 35.3 Å². The summed E-state index contributed by atoms with van der Waals surface area (Å²) in [5.41, 5.74) is 1.13. The fourth-order valence-electron chi connectivity index (χ4n) is 4.22. The molecule has 0 aliphatic carbocycles. The largest absolute Gasteiger partial charge is 0.486 e. The normalized spacial score (nSPS) is 11.8. The average molecular weight is 574 g/mol. The van der Waals surface area contributed by atoms with E-state index in [-0.39, 0.29) is 13.2 Å². The van der Waals surface area contributed by atoms with Crippen molar-refractivity contribution in [3.63, 3.8) is 0 Å². The Bertz CT molecular complexity index is 1750. The summed E-state index contributed by atoms with van der Waals surface area (Å²) in [4.78, 5) is 29.0. The van der Waals surface area contributed by atoms with Gasteiger partial charge in [0.15, 0.2) is 0 Å². The number of halogens is 5. The number of aromatic amines is 1. The molecule has 39 heavy (non-hydrogen) atoms. The maximum Gasteiger partial charge on any atom is 0.421 e. The fourth-order valence-corrected chi connectivity index (χ4v) is 4.57. The summed E-state index contributed by atoms with van der Waals surface area (Å²) in [6.07, 6.45) is -2.08. The molecule has 0 aliphatic rings. The Morgan fingerprint density at radius 2 is 1.87 bits per heavy atom. The molecule has 0 amide bonds. The van der Waals surface area contributed by atoms with Crippen LogP contribution >= 0.6 is 23.2 Å². The van der Waals surface area contributed by atoms with Gasteiger partial charge >= 0.3 is 6.18 Å². The topological polar surface area (TPSA) is 85.7 Å². The Balaban J connectivity index is 1.50. The number of pyridine rings is 3. The third-order valence-corrected chi connectivity index (χ3v) is 6.84. The zero-order valence-electron chi connectivity index (χ0n) is 20.6. The van der Waals surface area contributed by atoms with Gasteiger partial charge < -0.3 is 14.3 Å². The second-order valence-corrected chi connectivity index (χ2v) is 9.59. The molecule has 5 rings (SSSR count). The number of aryl methyl sites for hydroxylation is 2. The number of imidazole rings is 1. The van der Waals surface area contributed by atoms with Crippen molar-refractivity contribution in [2.24, 2.45) is 0 Å². The first-order valence-corrected chi connectivity index (χ1v) is 12.4. The average Bonchev–Trinajstić information content (AvgIpc) is 3.21. The van der Waals surface area contributed by atoms with Crippen LogP contribution in [0.3, 0.4) is 0 Å². The Hall–Kier alpha value is -3.89. The van der Waals surface area contributed by atoms with Crippen molar-refractivity contribution in [3.05, 3.63) is 104 Å². The molecule has 0 radical (unpaired) electrons. The minimum Gasteiger partial charge on any atom is -0.486 e. The lowest BCUT2D eigenvalue weighted by Gasteiger charge is -2.15. The molecule has 5 aromatic rings. The van der Waals surface area contributed by atoms with E-state index in [0.717, 1.165) is 33.0 Å². The molecular weight excluding hydrogens is 554 g/mol. The molecule has 0 saturated heterocycles. The predicted octanol–water partition coefficient (Wildman–Crippen LogP) is 6.75. The summed E-state index contributed by atoms with van der Waals surface area (Å²) in [7, 11) is 0. The van der Waals surface area contributed by atoms with Crippen molar-refractivity contribution in [1.82, 2.24) is 24.5 Å². The van der Waals surface area contributed by atoms with Gasteiger partial charge in [-0.3, -0.25) is 9.78 Å². The number of hydrogen-bond acceptors (Lipinski definition) is 5. The Labute approximate surface area is 230 Å². The summed E-state index contributed by atoms with van der Waals surface area (Å²) >= 11 is 12.6. The van der Waals surface area contributed by atoms with Crippen LogP contribution in [0.4, 0.5) is 13.2 Å². The van der Waals surface area contributed by atoms with Crippen molar-refractivity contribution in [1.29, 1.82) is 0 Å². The number of benzene rings is 1. The first kappa shape index (κ1) is 26.7. The number of nitrogens with one attached hydrogen (secondary N) is 1. The maximum absolute atomic E-state index is 13.2. The quantitative estimate of drug-likeness (QED) is 0.243. The van der Waals surface area contributed by atoms with E-state index in [1.165, 1.54) is 18.5 Å². The van der Waals surface area contributed by atoms with E-state index in [2.05, 4.69) is 19.9 Å². The fraction of sp³-hybridized carbons (Fsp3) is 0.185. The van der Waals surface area contributed by atoms with E-state index in [4.69, 9.17) is 27.9 Å². The maximum atomic E-state index is 13.2. The van der Waals surface area contributed by atoms with Gasteiger partial charge in [-0.25, -0.2) is 9.97 Å². The number of alkyl halides is 3. The Kier molecular flexibility index (Phi) is 7.09. The van der Waals surface area contributed by atoms with Crippen LogP contribution in [0.5, 0.6) is 5.75 Å². The van der Waals surface area contributed by atoms with E-state index < -0.39 is 17.3 Å². The van der Waals surface area contributed by atoms with Gasteiger partial charge in [0, 0.05) is 34.6 Å². The molecule has 1 N–H and O–H groups in total. The number of aromatic nitrogens is 5. The number of H-pyrrole nitrogens is 1. The number of rotatable bonds is 6. The summed E-state index contributed by atoms with van der Waals surface area (Å²) in [6.45, 7) is 3.38. The van der Waals surface area contributed by atoms with E-state index in [9.17, 15) is 18.0 Å². The standard InChI is InChI=1S/C27H20Cl2F3N5O2/c1-14-11-17(25-35-15(2)24(29)36-25)16-5-3-7-22(23(16)34-14)39-13-18-20(28)8-9-33-21(18)12-37-10-4-6-19(26(37)38)27(30,31)32/h3-11H,12-13H2,1-2H3,(H,35,36). The van der Waals surface area contributed by atoms with Crippen LogP contribution in [0.15, 0.2) is 59.7 Å². The smallest absolute Gasteiger partial charge is 0.421 e.